The number of hydrogen-bond donors (Lipinski definition) is 3. The first kappa shape index (κ1) is 13.5. The number of rotatable bonds is 5. The van der Waals surface area contributed by atoms with E-state index in [-0.39, 0.29) is 17.2 Å². The van der Waals surface area contributed by atoms with Crippen LogP contribution < -0.4 is 5.73 Å². The molecule has 1 rings (SSSR count). The van der Waals surface area contributed by atoms with Gasteiger partial charge in [-0.25, -0.2) is 8.42 Å². The molecule has 0 amide bonds. The fraction of sp³-hybridized carbons (Fsp3) is 0.500. The van der Waals surface area contributed by atoms with Crippen molar-refractivity contribution in [3.63, 3.8) is 0 Å². The number of aromatic amines is 1. The third-order valence-corrected chi connectivity index (χ3v) is 4.34. The SMILES string of the molecule is CC(C/C(N)=N/O)N(C)S(=O)(=O)c1cn[nH]c1. The molecular weight excluding hydrogens is 246 g/mol. The fourth-order valence-electron chi connectivity index (χ4n) is 1.26. The Labute approximate surface area is 99.2 Å². The Morgan fingerprint density at radius 3 is 2.88 bits per heavy atom. The summed E-state index contributed by atoms with van der Waals surface area (Å²) >= 11 is 0. The average molecular weight is 261 g/mol. The molecule has 0 aromatic carbocycles. The van der Waals surface area contributed by atoms with Gasteiger partial charge in [-0.2, -0.15) is 9.40 Å². The van der Waals surface area contributed by atoms with Crippen LogP contribution in [0.5, 0.6) is 0 Å². The van der Waals surface area contributed by atoms with Gasteiger partial charge in [0.05, 0.1) is 6.20 Å². The highest BCUT2D eigenvalue weighted by molar-refractivity contribution is 7.89. The molecule has 4 N–H and O–H groups in total. The summed E-state index contributed by atoms with van der Waals surface area (Å²) in [7, 11) is -2.17. The number of nitrogens with two attached hydrogens (primary N) is 1. The number of oxime groups is 1. The predicted molar refractivity (Wildman–Crippen MR) is 61.0 cm³/mol. The molecule has 0 radical (unpaired) electrons. The van der Waals surface area contributed by atoms with Crippen LogP contribution in [-0.2, 0) is 10.0 Å². The Bertz CT molecular complexity index is 481. The summed E-state index contributed by atoms with van der Waals surface area (Å²) in [5, 5.41) is 17.3. The Morgan fingerprint density at radius 1 is 1.76 bits per heavy atom. The van der Waals surface area contributed by atoms with Gasteiger partial charge in [0.2, 0.25) is 10.0 Å². The van der Waals surface area contributed by atoms with Crippen LogP contribution >= 0.6 is 0 Å². The highest BCUT2D eigenvalue weighted by atomic mass is 32.2. The lowest BCUT2D eigenvalue weighted by atomic mass is 10.2. The van der Waals surface area contributed by atoms with Crippen LogP contribution in [0.2, 0.25) is 0 Å². The summed E-state index contributed by atoms with van der Waals surface area (Å²) in [5.74, 6) is -0.0215. The topological polar surface area (TPSA) is 125 Å². The van der Waals surface area contributed by atoms with Crippen LogP contribution in [-0.4, -0.2) is 47.1 Å². The van der Waals surface area contributed by atoms with Gasteiger partial charge in [0.1, 0.15) is 10.7 Å². The zero-order valence-corrected chi connectivity index (χ0v) is 10.3. The quantitative estimate of drug-likeness (QED) is 0.287. The van der Waals surface area contributed by atoms with Gasteiger partial charge < -0.3 is 10.9 Å². The third-order valence-electron chi connectivity index (χ3n) is 2.40. The lowest BCUT2D eigenvalue weighted by molar-refractivity contribution is 0.313. The molecule has 0 fully saturated rings. The van der Waals surface area contributed by atoms with E-state index in [1.54, 1.807) is 6.92 Å². The smallest absolute Gasteiger partial charge is 0.246 e. The van der Waals surface area contributed by atoms with Crippen LogP contribution in [0, 0.1) is 0 Å². The summed E-state index contributed by atoms with van der Waals surface area (Å²) in [6, 6.07) is -0.425. The first-order valence-electron chi connectivity index (χ1n) is 4.82. The zero-order valence-electron chi connectivity index (χ0n) is 9.53. The number of nitrogens with zero attached hydrogens (tertiary/aromatic N) is 3. The van der Waals surface area contributed by atoms with E-state index < -0.39 is 16.1 Å². The molecule has 8 nitrogen and oxygen atoms in total. The van der Waals surface area contributed by atoms with Crippen molar-refractivity contribution in [3.05, 3.63) is 12.4 Å². The van der Waals surface area contributed by atoms with E-state index in [1.807, 2.05) is 0 Å². The highest BCUT2D eigenvalue weighted by Gasteiger charge is 2.26. The van der Waals surface area contributed by atoms with Gasteiger partial charge in [-0.1, -0.05) is 5.16 Å². The van der Waals surface area contributed by atoms with Crippen molar-refractivity contribution in [3.8, 4) is 0 Å². The van der Waals surface area contributed by atoms with Crippen LogP contribution in [0.15, 0.2) is 22.4 Å². The van der Waals surface area contributed by atoms with Gasteiger partial charge in [-0.15, -0.1) is 0 Å². The number of H-pyrrole nitrogens is 1. The molecule has 0 aliphatic heterocycles. The largest absolute Gasteiger partial charge is 0.409 e. The van der Waals surface area contributed by atoms with Gasteiger partial charge >= 0.3 is 0 Å². The van der Waals surface area contributed by atoms with Crippen molar-refractivity contribution in [2.24, 2.45) is 10.9 Å². The summed E-state index contributed by atoms with van der Waals surface area (Å²) in [6.45, 7) is 1.66. The molecule has 1 aromatic heterocycles. The lowest BCUT2D eigenvalue weighted by Crippen LogP contribution is -2.37. The van der Waals surface area contributed by atoms with Gasteiger partial charge in [-0.3, -0.25) is 5.10 Å². The summed E-state index contributed by atoms with van der Waals surface area (Å²) < 4.78 is 25.2. The van der Waals surface area contributed by atoms with Gasteiger partial charge in [-0.05, 0) is 6.92 Å². The molecule has 1 atom stereocenters. The monoisotopic (exact) mass is 261 g/mol. The average Bonchev–Trinajstić information content (AvgIpc) is 2.81. The van der Waals surface area contributed by atoms with Crippen molar-refractivity contribution in [2.45, 2.75) is 24.3 Å². The molecule has 9 heteroatoms. The Balaban J connectivity index is 2.86. The highest BCUT2D eigenvalue weighted by Crippen LogP contribution is 2.16. The number of amidine groups is 1. The predicted octanol–water partition coefficient (Wildman–Crippen LogP) is -0.445. The van der Waals surface area contributed by atoms with Crippen molar-refractivity contribution >= 4 is 15.9 Å². The number of nitrogens with one attached hydrogen (secondary N) is 1. The molecule has 0 bridgehead atoms. The third kappa shape index (κ3) is 2.94. The minimum Gasteiger partial charge on any atom is -0.409 e. The number of sulfonamides is 1. The maximum atomic E-state index is 12.0. The fourth-order valence-corrected chi connectivity index (χ4v) is 2.52. The molecule has 1 unspecified atom stereocenters. The maximum absolute atomic E-state index is 12.0. The van der Waals surface area contributed by atoms with E-state index in [4.69, 9.17) is 10.9 Å². The minimum atomic E-state index is -3.60. The molecule has 0 aliphatic rings. The molecule has 1 heterocycles. The van der Waals surface area contributed by atoms with Gasteiger partial charge in [0.25, 0.3) is 0 Å². The second-order valence-corrected chi connectivity index (χ2v) is 5.60. The lowest BCUT2D eigenvalue weighted by Gasteiger charge is -2.22. The minimum absolute atomic E-state index is 0.0215. The van der Waals surface area contributed by atoms with Crippen LogP contribution in [0.4, 0.5) is 0 Å². The van der Waals surface area contributed by atoms with Crippen molar-refractivity contribution in [2.75, 3.05) is 7.05 Å². The first-order valence-corrected chi connectivity index (χ1v) is 6.26. The molecule has 17 heavy (non-hydrogen) atoms. The Hall–Kier alpha value is -1.61. The van der Waals surface area contributed by atoms with Crippen molar-refractivity contribution < 1.29 is 13.6 Å². The van der Waals surface area contributed by atoms with E-state index in [9.17, 15) is 8.42 Å². The van der Waals surface area contributed by atoms with E-state index in [0.717, 1.165) is 4.31 Å². The normalized spacial score (nSPS) is 15.1. The standard InChI is InChI=1S/C8H15N5O3S/c1-6(3-8(9)12-14)13(2)17(15,16)7-4-10-11-5-7/h4-6,14H,3H2,1-2H3,(H2,9,12)(H,10,11). The molecule has 0 saturated heterocycles. The number of hydrogen-bond acceptors (Lipinski definition) is 5. The van der Waals surface area contributed by atoms with Crippen molar-refractivity contribution in [1.29, 1.82) is 0 Å². The van der Waals surface area contributed by atoms with Crippen LogP contribution in [0.3, 0.4) is 0 Å². The van der Waals surface area contributed by atoms with Crippen LogP contribution in [0.25, 0.3) is 0 Å². The van der Waals surface area contributed by atoms with E-state index in [2.05, 4.69) is 15.4 Å². The second kappa shape index (κ2) is 5.15. The molecular formula is C8H15N5O3S. The molecule has 0 spiro atoms. The zero-order chi connectivity index (χ0) is 13.1. The van der Waals surface area contributed by atoms with Gasteiger partial charge in [0.15, 0.2) is 0 Å². The molecule has 1 aromatic rings. The van der Waals surface area contributed by atoms with E-state index >= 15 is 0 Å². The van der Waals surface area contributed by atoms with Crippen LogP contribution in [0.1, 0.15) is 13.3 Å². The molecule has 0 saturated carbocycles. The molecule has 0 aliphatic carbocycles. The Kier molecular flexibility index (Phi) is 4.07. The van der Waals surface area contributed by atoms with Crippen molar-refractivity contribution in [1.82, 2.24) is 14.5 Å². The summed E-state index contributed by atoms with van der Waals surface area (Å²) in [6.07, 6.45) is 2.66. The maximum Gasteiger partial charge on any atom is 0.246 e. The summed E-state index contributed by atoms with van der Waals surface area (Å²) in [4.78, 5) is 0.0753. The van der Waals surface area contributed by atoms with E-state index in [1.165, 1.54) is 19.4 Å². The Morgan fingerprint density at radius 2 is 2.41 bits per heavy atom. The number of aromatic nitrogens is 2. The first-order chi connectivity index (χ1) is 7.89. The molecule has 96 valence electrons. The van der Waals surface area contributed by atoms with E-state index in [0.29, 0.717) is 0 Å². The second-order valence-electron chi connectivity index (χ2n) is 3.60. The summed E-state index contributed by atoms with van der Waals surface area (Å²) in [5.41, 5.74) is 5.33. The van der Waals surface area contributed by atoms with Gasteiger partial charge in [0, 0.05) is 25.7 Å².